The van der Waals surface area contributed by atoms with Crippen molar-refractivity contribution in [3.05, 3.63) is 41.9 Å². The standard InChI is InChI=1S/C16H18N6O/c1-8(2)21-16-12(15(18)19-7-20-16)13(17)10-6-9-4-3-5-11(23)14(9)22-10/h3-8,17,22-23H,1-2H3,(H3,18,19,20,21). The number of fused-ring (bicyclic) bond motifs is 1. The van der Waals surface area contributed by atoms with Gasteiger partial charge in [0.2, 0.25) is 0 Å². The number of phenols is 1. The lowest BCUT2D eigenvalue weighted by Gasteiger charge is -2.14. The predicted octanol–water partition coefficient (Wildman–Crippen LogP) is 2.48. The first kappa shape index (κ1) is 14.8. The van der Waals surface area contributed by atoms with Crippen LogP contribution in [0.4, 0.5) is 11.6 Å². The van der Waals surface area contributed by atoms with Gasteiger partial charge in [-0.3, -0.25) is 5.41 Å². The second kappa shape index (κ2) is 5.60. The number of aromatic nitrogens is 3. The number of nitrogens with two attached hydrogens (primary N) is 1. The summed E-state index contributed by atoms with van der Waals surface area (Å²) < 4.78 is 0. The number of nitrogen functional groups attached to an aromatic ring is 1. The van der Waals surface area contributed by atoms with E-state index in [0.29, 0.717) is 22.6 Å². The molecule has 0 aliphatic rings. The van der Waals surface area contributed by atoms with E-state index in [-0.39, 0.29) is 23.3 Å². The summed E-state index contributed by atoms with van der Waals surface area (Å²) in [6.45, 7) is 3.96. The lowest BCUT2D eigenvalue weighted by molar-refractivity contribution is 0.480. The van der Waals surface area contributed by atoms with E-state index in [2.05, 4.69) is 20.3 Å². The Balaban J connectivity index is 2.10. The average Bonchev–Trinajstić information content (AvgIpc) is 2.92. The van der Waals surface area contributed by atoms with Crippen LogP contribution in [0.5, 0.6) is 5.75 Å². The fourth-order valence-corrected chi connectivity index (χ4v) is 2.44. The molecule has 0 bridgehead atoms. The Morgan fingerprint density at radius 1 is 1.35 bits per heavy atom. The molecule has 1 aromatic carbocycles. The van der Waals surface area contributed by atoms with Gasteiger partial charge in [-0.05, 0) is 26.0 Å². The summed E-state index contributed by atoms with van der Waals surface area (Å²) >= 11 is 0. The van der Waals surface area contributed by atoms with Crippen molar-refractivity contribution < 1.29 is 5.11 Å². The van der Waals surface area contributed by atoms with Crippen LogP contribution in [0.25, 0.3) is 10.9 Å². The van der Waals surface area contributed by atoms with Gasteiger partial charge in [-0.15, -0.1) is 0 Å². The van der Waals surface area contributed by atoms with Crippen molar-refractivity contribution in [1.82, 2.24) is 15.0 Å². The number of nitrogens with zero attached hydrogens (tertiary/aromatic N) is 2. The molecule has 0 atom stereocenters. The maximum atomic E-state index is 9.90. The average molecular weight is 310 g/mol. The quantitative estimate of drug-likeness (QED) is 0.474. The highest BCUT2D eigenvalue weighted by Crippen LogP contribution is 2.27. The Morgan fingerprint density at radius 2 is 2.13 bits per heavy atom. The molecule has 118 valence electrons. The van der Waals surface area contributed by atoms with Gasteiger partial charge in [0.1, 0.15) is 23.7 Å². The molecule has 7 heteroatoms. The first-order valence-corrected chi connectivity index (χ1v) is 7.24. The summed E-state index contributed by atoms with van der Waals surface area (Å²) in [5.41, 5.74) is 7.69. The van der Waals surface area contributed by atoms with Crippen molar-refractivity contribution >= 4 is 28.3 Å². The van der Waals surface area contributed by atoms with Crippen LogP contribution in [-0.4, -0.2) is 31.8 Å². The molecule has 0 spiro atoms. The Bertz CT molecular complexity index is 883. The Morgan fingerprint density at radius 3 is 2.83 bits per heavy atom. The van der Waals surface area contributed by atoms with Gasteiger partial charge in [0.05, 0.1) is 22.5 Å². The third-order valence-electron chi connectivity index (χ3n) is 3.46. The summed E-state index contributed by atoms with van der Waals surface area (Å²) in [6, 6.07) is 7.15. The maximum absolute atomic E-state index is 9.90. The normalized spacial score (nSPS) is 11.1. The van der Waals surface area contributed by atoms with E-state index in [1.54, 1.807) is 18.2 Å². The molecule has 6 N–H and O–H groups in total. The first-order valence-electron chi connectivity index (χ1n) is 7.24. The van der Waals surface area contributed by atoms with Gasteiger partial charge in [-0.1, -0.05) is 12.1 Å². The molecular weight excluding hydrogens is 292 g/mol. The molecule has 2 heterocycles. The minimum Gasteiger partial charge on any atom is -0.506 e. The van der Waals surface area contributed by atoms with Gasteiger partial charge in [0.25, 0.3) is 0 Å². The van der Waals surface area contributed by atoms with Crippen molar-refractivity contribution in [3.8, 4) is 5.75 Å². The number of rotatable bonds is 4. The van der Waals surface area contributed by atoms with Crippen LogP contribution in [0, 0.1) is 5.41 Å². The number of para-hydroxylation sites is 1. The minimum atomic E-state index is 0.138. The Kier molecular flexibility index (Phi) is 3.61. The summed E-state index contributed by atoms with van der Waals surface area (Å²) in [7, 11) is 0. The smallest absolute Gasteiger partial charge is 0.141 e. The minimum absolute atomic E-state index is 0.138. The molecule has 0 unspecified atom stereocenters. The number of anilines is 2. The molecule has 0 saturated heterocycles. The van der Waals surface area contributed by atoms with Crippen molar-refractivity contribution in [1.29, 1.82) is 5.41 Å². The molecule has 0 aliphatic heterocycles. The Hall–Kier alpha value is -3.09. The molecular formula is C16H18N6O. The number of hydrogen-bond acceptors (Lipinski definition) is 6. The van der Waals surface area contributed by atoms with Gasteiger partial charge >= 0.3 is 0 Å². The lowest BCUT2D eigenvalue weighted by Crippen LogP contribution is -2.18. The van der Waals surface area contributed by atoms with Crippen molar-refractivity contribution in [2.24, 2.45) is 0 Å². The fraction of sp³-hybridized carbons (Fsp3) is 0.188. The third kappa shape index (κ3) is 2.68. The molecule has 3 aromatic rings. The largest absolute Gasteiger partial charge is 0.506 e. The van der Waals surface area contributed by atoms with E-state index in [1.165, 1.54) is 6.33 Å². The van der Waals surface area contributed by atoms with Gasteiger partial charge in [0, 0.05) is 11.4 Å². The summed E-state index contributed by atoms with van der Waals surface area (Å²) in [5.74, 6) is 0.885. The van der Waals surface area contributed by atoms with E-state index in [1.807, 2.05) is 19.9 Å². The maximum Gasteiger partial charge on any atom is 0.141 e. The zero-order chi connectivity index (χ0) is 16.6. The highest BCUT2D eigenvalue weighted by molar-refractivity contribution is 6.17. The molecule has 0 aliphatic carbocycles. The number of aromatic hydroxyl groups is 1. The van der Waals surface area contributed by atoms with E-state index in [0.717, 1.165) is 5.39 Å². The van der Waals surface area contributed by atoms with Crippen molar-refractivity contribution in [3.63, 3.8) is 0 Å². The zero-order valence-corrected chi connectivity index (χ0v) is 12.9. The van der Waals surface area contributed by atoms with Gasteiger partial charge < -0.3 is 21.1 Å². The van der Waals surface area contributed by atoms with Crippen LogP contribution in [0.15, 0.2) is 30.6 Å². The van der Waals surface area contributed by atoms with Crippen LogP contribution >= 0.6 is 0 Å². The van der Waals surface area contributed by atoms with Crippen LogP contribution < -0.4 is 11.1 Å². The number of aromatic amines is 1. The van der Waals surface area contributed by atoms with Crippen LogP contribution in [0.3, 0.4) is 0 Å². The second-order valence-electron chi connectivity index (χ2n) is 5.58. The van der Waals surface area contributed by atoms with E-state index < -0.39 is 0 Å². The first-order chi connectivity index (χ1) is 11.0. The monoisotopic (exact) mass is 310 g/mol. The molecule has 7 nitrogen and oxygen atoms in total. The SMILES string of the molecule is CC(C)Nc1ncnc(N)c1C(=N)c1cc2cccc(O)c2[nH]1. The Labute approximate surface area is 133 Å². The van der Waals surface area contributed by atoms with Crippen LogP contribution in [-0.2, 0) is 0 Å². The number of phenolic OH excluding ortho intramolecular Hbond substituents is 1. The van der Waals surface area contributed by atoms with Gasteiger partial charge in [-0.2, -0.15) is 0 Å². The van der Waals surface area contributed by atoms with E-state index in [4.69, 9.17) is 11.1 Å². The number of H-pyrrole nitrogens is 1. The zero-order valence-electron chi connectivity index (χ0n) is 12.9. The number of nitrogens with one attached hydrogen (secondary N) is 3. The highest BCUT2D eigenvalue weighted by Gasteiger charge is 2.18. The number of benzene rings is 1. The molecule has 3 rings (SSSR count). The van der Waals surface area contributed by atoms with Crippen molar-refractivity contribution in [2.45, 2.75) is 19.9 Å². The summed E-state index contributed by atoms with van der Waals surface area (Å²) in [5, 5.41) is 22.4. The number of hydrogen-bond donors (Lipinski definition) is 5. The predicted molar refractivity (Wildman–Crippen MR) is 91.1 cm³/mol. The highest BCUT2D eigenvalue weighted by atomic mass is 16.3. The summed E-state index contributed by atoms with van der Waals surface area (Å²) in [4.78, 5) is 11.2. The van der Waals surface area contributed by atoms with E-state index in [9.17, 15) is 5.11 Å². The van der Waals surface area contributed by atoms with Gasteiger partial charge in [0.15, 0.2) is 0 Å². The fourth-order valence-electron chi connectivity index (χ4n) is 2.44. The molecule has 0 radical (unpaired) electrons. The molecule has 0 saturated carbocycles. The second-order valence-corrected chi connectivity index (χ2v) is 5.58. The van der Waals surface area contributed by atoms with E-state index >= 15 is 0 Å². The van der Waals surface area contributed by atoms with Crippen LogP contribution in [0.1, 0.15) is 25.1 Å². The topological polar surface area (TPSA) is 124 Å². The molecule has 0 fully saturated rings. The molecule has 0 amide bonds. The summed E-state index contributed by atoms with van der Waals surface area (Å²) in [6.07, 6.45) is 1.37. The van der Waals surface area contributed by atoms with Gasteiger partial charge in [-0.25, -0.2) is 9.97 Å². The molecule has 2 aromatic heterocycles. The van der Waals surface area contributed by atoms with Crippen molar-refractivity contribution in [2.75, 3.05) is 11.1 Å². The third-order valence-corrected chi connectivity index (χ3v) is 3.46. The molecule has 23 heavy (non-hydrogen) atoms. The lowest BCUT2D eigenvalue weighted by atomic mass is 10.1. The van der Waals surface area contributed by atoms with Crippen LogP contribution in [0.2, 0.25) is 0 Å².